The molecule has 0 heterocycles. The summed E-state index contributed by atoms with van der Waals surface area (Å²) in [6.07, 6.45) is 8.18. The number of carbonyl (C=O) groups excluding carboxylic acids is 1. The van der Waals surface area contributed by atoms with Crippen LogP contribution in [-0.2, 0) is 29.7 Å². The quantitative estimate of drug-likeness (QED) is 0.0560. The number of aliphatic hydroxyl groups is 1. The molecule has 0 aliphatic rings. The number of hydrogen-bond acceptors (Lipinski definition) is 8. The third-order valence-electron chi connectivity index (χ3n) is 11.1. The average Bonchev–Trinajstić information content (AvgIpc) is 3.11. The van der Waals surface area contributed by atoms with E-state index in [1.807, 2.05) is 49.2 Å². The van der Waals surface area contributed by atoms with Crippen molar-refractivity contribution in [3.63, 3.8) is 0 Å². The second-order valence-corrected chi connectivity index (χ2v) is 25.9. The van der Waals surface area contributed by atoms with Gasteiger partial charge in [0.15, 0.2) is 16.6 Å². The van der Waals surface area contributed by atoms with Crippen LogP contribution in [0.25, 0.3) is 0 Å². The summed E-state index contributed by atoms with van der Waals surface area (Å²) in [5.74, 6) is 0.666. The Bertz CT molecular complexity index is 1300. The maximum Gasteiger partial charge on any atom is 0.192 e. The van der Waals surface area contributed by atoms with Gasteiger partial charge in [-0.3, -0.25) is 4.79 Å². The lowest BCUT2D eigenvalue weighted by molar-refractivity contribution is -0.127. The van der Waals surface area contributed by atoms with E-state index in [2.05, 4.69) is 89.6 Å². The third-order valence-corrected chi connectivity index (χ3v) is 20.6. The van der Waals surface area contributed by atoms with Crippen LogP contribution in [0.2, 0.25) is 36.3 Å². The molecule has 1 aromatic carbocycles. The summed E-state index contributed by atoms with van der Waals surface area (Å²) in [7, 11) is 0.855. The zero-order chi connectivity index (χ0) is 40.4. The van der Waals surface area contributed by atoms with Crippen LogP contribution in [0.15, 0.2) is 53.1 Å². The molecular weight excluding hydrogens is 769 g/mol. The lowest BCUT2D eigenvalue weighted by Gasteiger charge is -2.39. The molecule has 1 N–H and O–H groups in total. The number of allylic oxidation sites excluding steroid dienone is 2. The molecule has 0 unspecified atom stereocenters. The first-order chi connectivity index (χ1) is 24.9. The molecule has 11 heteroatoms. The number of rotatable bonds is 26. The van der Waals surface area contributed by atoms with Gasteiger partial charge in [-0.15, -0.1) is 0 Å². The normalized spacial score (nSPS) is 16.8. The van der Waals surface area contributed by atoms with Gasteiger partial charge in [-0.25, -0.2) is 0 Å². The third kappa shape index (κ3) is 16.6. The number of hydrogen-bond donors (Lipinski definition) is 1. The highest BCUT2D eigenvalue weighted by molar-refractivity contribution is 9.11. The smallest absolute Gasteiger partial charge is 0.192 e. The van der Waals surface area contributed by atoms with E-state index >= 15 is 0 Å². The first kappa shape index (κ1) is 49.4. The van der Waals surface area contributed by atoms with Crippen molar-refractivity contribution in [2.45, 2.75) is 149 Å². The topological polar surface area (TPSA) is 92.7 Å². The molecule has 8 nitrogen and oxygen atoms in total. The molecule has 0 bridgehead atoms. The maximum absolute atomic E-state index is 13.4. The van der Waals surface area contributed by atoms with Gasteiger partial charge in [-0.2, -0.15) is 0 Å². The molecular formula is C42H73BrO8Si2. The van der Waals surface area contributed by atoms with Gasteiger partial charge in [0.1, 0.15) is 17.3 Å². The molecule has 53 heavy (non-hydrogen) atoms. The number of ketones is 1. The number of benzene rings is 1. The van der Waals surface area contributed by atoms with Gasteiger partial charge < -0.3 is 32.9 Å². The summed E-state index contributed by atoms with van der Waals surface area (Å²) in [6, 6.07) is 8.52. The zero-order valence-electron chi connectivity index (χ0n) is 35.4. The zero-order valence-corrected chi connectivity index (χ0v) is 39.0. The molecule has 0 aromatic heterocycles. The van der Waals surface area contributed by atoms with Gasteiger partial charge in [0.2, 0.25) is 0 Å². The molecule has 0 aliphatic heterocycles. The molecule has 0 radical (unpaired) electrons. The number of methoxy groups -OCH3 is 3. The largest absolute Gasteiger partial charge is 0.497 e. The van der Waals surface area contributed by atoms with E-state index in [-0.39, 0.29) is 54.0 Å². The molecule has 0 spiro atoms. The average molecular weight is 842 g/mol. The second kappa shape index (κ2) is 24.1. The van der Waals surface area contributed by atoms with Crippen molar-refractivity contribution >= 4 is 38.3 Å². The fraction of sp³-hybridized carbons (Fsp3) is 0.690. The van der Waals surface area contributed by atoms with Crippen LogP contribution in [0, 0.1) is 11.8 Å². The lowest BCUT2D eigenvalue weighted by Crippen LogP contribution is -2.46. The Kier molecular flexibility index (Phi) is 22.5. The summed E-state index contributed by atoms with van der Waals surface area (Å²) < 4.78 is 36.7. The predicted molar refractivity (Wildman–Crippen MR) is 228 cm³/mol. The maximum atomic E-state index is 13.4. The van der Waals surface area contributed by atoms with Gasteiger partial charge in [-0.1, -0.05) is 101 Å². The monoisotopic (exact) mass is 840 g/mol. The van der Waals surface area contributed by atoms with E-state index < -0.39 is 22.7 Å². The standard InChI is InChI=1S/C42H73BrO8Si2/c1-15-53(16-2,17-3)51-40(27-37(47-11)25-31(4)24-36(20-18-19-23-43)50-52(13,14)42(7,8)9)33(6)39(45)28-38(44)32(5)29-49-30-34-21-22-35(46-10)26-41(34)48-12/h18-23,25-26,32-33,36-37,39-40,45H,15-17,24,27-30H2,1-14H3/b20-18+,23-19+,31-25+/t32-,33-,36+,37-,39+,40+/m1/s1. The Hall–Kier alpha value is -1.58. The van der Waals surface area contributed by atoms with Gasteiger partial charge in [-0.05, 0) is 66.7 Å². The van der Waals surface area contributed by atoms with E-state index in [1.54, 1.807) is 21.3 Å². The fourth-order valence-corrected chi connectivity index (χ4v) is 10.4. The first-order valence-corrected chi connectivity index (χ1v) is 25.7. The molecule has 0 aliphatic carbocycles. The van der Waals surface area contributed by atoms with Gasteiger partial charge in [0, 0.05) is 43.4 Å². The minimum absolute atomic E-state index is 0.0322. The molecule has 6 atom stereocenters. The van der Waals surface area contributed by atoms with Crippen molar-refractivity contribution in [3.05, 3.63) is 58.6 Å². The summed E-state index contributed by atoms with van der Waals surface area (Å²) in [5, 5.41) is 11.7. The van der Waals surface area contributed by atoms with Crippen LogP contribution >= 0.6 is 15.9 Å². The highest BCUT2D eigenvalue weighted by atomic mass is 79.9. The summed E-state index contributed by atoms with van der Waals surface area (Å²) in [6.45, 7) is 24.5. The molecule has 0 saturated carbocycles. The summed E-state index contributed by atoms with van der Waals surface area (Å²) in [5.41, 5.74) is 2.04. The van der Waals surface area contributed by atoms with Crippen molar-refractivity contribution in [1.29, 1.82) is 0 Å². The molecule has 304 valence electrons. The van der Waals surface area contributed by atoms with E-state index in [0.29, 0.717) is 24.5 Å². The number of aliphatic hydroxyl groups excluding tert-OH is 1. The first-order valence-electron chi connectivity index (χ1n) is 19.3. The number of Topliss-reactive ketones (excluding diaryl/α,β-unsaturated/α-hetero) is 1. The minimum atomic E-state index is -2.07. The van der Waals surface area contributed by atoms with Crippen LogP contribution < -0.4 is 9.47 Å². The van der Waals surface area contributed by atoms with Crippen LogP contribution in [0.5, 0.6) is 11.5 Å². The van der Waals surface area contributed by atoms with E-state index in [4.69, 9.17) is 27.8 Å². The van der Waals surface area contributed by atoms with Gasteiger partial charge >= 0.3 is 0 Å². The van der Waals surface area contributed by atoms with E-state index in [0.717, 1.165) is 30.1 Å². The number of carbonyl (C=O) groups is 1. The summed E-state index contributed by atoms with van der Waals surface area (Å²) >= 11 is 3.36. The van der Waals surface area contributed by atoms with Crippen LogP contribution in [0.4, 0.5) is 0 Å². The van der Waals surface area contributed by atoms with Crippen molar-refractivity contribution in [2.24, 2.45) is 11.8 Å². The van der Waals surface area contributed by atoms with Crippen LogP contribution in [-0.4, -0.2) is 79.9 Å². The minimum Gasteiger partial charge on any atom is -0.497 e. The Morgan fingerprint density at radius 2 is 1.58 bits per heavy atom. The van der Waals surface area contributed by atoms with Gasteiger partial charge in [0.25, 0.3) is 0 Å². The molecule has 1 rings (SSSR count). The Labute approximate surface area is 333 Å². The van der Waals surface area contributed by atoms with Crippen LogP contribution in [0.3, 0.4) is 0 Å². The SMILES string of the molecule is CC[Si](CC)(CC)O[C@@H](C[C@@H](/C=C(\C)C[C@H](/C=C/C=C/Br)O[Si](C)(C)C(C)(C)C)OC)[C@H](C)[C@@H](O)CC(=O)[C@H](C)COCc1ccc(OC)cc1OC. The fourth-order valence-electron chi connectivity index (χ4n) is 6.04. The Morgan fingerprint density at radius 1 is 0.943 bits per heavy atom. The van der Waals surface area contributed by atoms with Gasteiger partial charge in [0.05, 0.1) is 51.8 Å². The highest BCUT2D eigenvalue weighted by Gasteiger charge is 2.39. The van der Waals surface area contributed by atoms with Crippen molar-refractivity contribution in [1.82, 2.24) is 0 Å². The summed E-state index contributed by atoms with van der Waals surface area (Å²) in [4.78, 5) is 15.2. The Balaban J connectivity index is 3.17. The van der Waals surface area contributed by atoms with E-state index in [1.165, 1.54) is 5.57 Å². The van der Waals surface area contributed by atoms with Crippen molar-refractivity contribution < 1.29 is 37.7 Å². The lowest BCUT2D eigenvalue weighted by atomic mass is 9.88. The number of halogens is 1. The molecule has 0 amide bonds. The van der Waals surface area contributed by atoms with Crippen LogP contribution in [0.1, 0.15) is 87.1 Å². The Morgan fingerprint density at radius 3 is 2.11 bits per heavy atom. The molecule has 1 aromatic rings. The molecule has 0 fully saturated rings. The number of ether oxygens (including phenoxy) is 4. The predicted octanol–water partition coefficient (Wildman–Crippen LogP) is 10.8. The van der Waals surface area contributed by atoms with Crippen molar-refractivity contribution in [3.8, 4) is 11.5 Å². The van der Waals surface area contributed by atoms with Crippen molar-refractivity contribution in [2.75, 3.05) is 27.9 Å². The van der Waals surface area contributed by atoms with E-state index in [9.17, 15) is 9.90 Å². The second-order valence-electron chi connectivity index (χ2n) is 15.9. The molecule has 0 saturated heterocycles. The highest BCUT2D eigenvalue weighted by Crippen LogP contribution is 2.38.